The number of nitrogens with zero attached hydrogens (tertiary/aromatic N) is 1. The summed E-state index contributed by atoms with van der Waals surface area (Å²) in [6, 6.07) is 3.36. The van der Waals surface area contributed by atoms with E-state index in [0.717, 1.165) is 13.0 Å². The van der Waals surface area contributed by atoms with E-state index in [2.05, 4.69) is 10.3 Å². The second-order valence-corrected chi connectivity index (χ2v) is 3.04. The standard InChI is InChI=1S/C9H10N2O2/c12-9(13)6-2-1-4-11-8(6)7-3-5-10-7/h1-2,4,7,10H,3,5H2,(H,12,13). The van der Waals surface area contributed by atoms with Gasteiger partial charge < -0.3 is 10.4 Å². The molecule has 0 bridgehead atoms. The van der Waals surface area contributed by atoms with Gasteiger partial charge in [-0.25, -0.2) is 4.79 Å². The molecular weight excluding hydrogens is 168 g/mol. The fourth-order valence-electron chi connectivity index (χ4n) is 1.40. The minimum atomic E-state index is -0.906. The third-order valence-corrected chi connectivity index (χ3v) is 2.22. The monoisotopic (exact) mass is 178 g/mol. The number of carboxylic acids is 1. The van der Waals surface area contributed by atoms with Gasteiger partial charge in [0.15, 0.2) is 0 Å². The number of aromatic nitrogens is 1. The maximum atomic E-state index is 10.8. The highest BCUT2D eigenvalue weighted by atomic mass is 16.4. The molecule has 1 unspecified atom stereocenters. The van der Waals surface area contributed by atoms with Crippen molar-refractivity contribution in [2.24, 2.45) is 0 Å². The fraction of sp³-hybridized carbons (Fsp3) is 0.333. The molecule has 1 fully saturated rings. The Bertz CT molecular complexity index is 334. The summed E-state index contributed by atoms with van der Waals surface area (Å²) < 4.78 is 0. The molecule has 2 N–H and O–H groups in total. The molecule has 1 saturated heterocycles. The van der Waals surface area contributed by atoms with Crippen LogP contribution in [0.1, 0.15) is 28.5 Å². The minimum Gasteiger partial charge on any atom is -0.478 e. The summed E-state index contributed by atoms with van der Waals surface area (Å²) >= 11 is 0. The normalized spacial score (nSPS) is 20.8. The van der Waals surface area contributed by atoms with Gasteiger partial charge in [0.25, 0.3) is 0 Å². The van der Waals surface area contributed by atoms with Gasteiger partial charge in [0.2, 0.25) is 0 Å². The van der Waals surface area contributed by atoms with E-state index in [1.54, 1.807) is 18.3 Å². The van der Waals surface area contributed by atoms with Gasteiger partial charge in [0.1, 0.15) is 0 Å². The van der Waals surface area contributed by atoms with E-state index in [9.17, 15) is 4.79 Å². The van der Waals surface area contributed by atoms with Crippen molar-refractivity contribution in [3.8, 4) is 0 Å². The van der Waals surface area contributed by atoms with Crippen LogP contribution in [0.2, 0.25) is 0 Å². The van der Waals surface area contributed by atoms with E-state index in [-0.39, 0.29) is 6.04 Å². The van der Waals surface area contributed by atoms with Crippen LogP contribution in [0, 0.1) is 0 Å². The third kappa shape index (κ3) is 1.40. The first-order valence-corrected chi connectivity index (χ1v) is 4.20. The first-order valence-electron chi connectivity index (χ1n) is 4.20. The lowest BCUT2D eigenvalue weighted by atomic mass is 9.99. The van der Waals surface area contributed by atoms with Crippen LogP contribution in [-0.4, -0.2) is 22.6 Å². The van der Waals surface area contributed by atoms with Crippen molar-refractivity contribution in [3.63, 3.8) is 0 Å². The van der Waals surface area contributed by atoms with Gasteiger partial charge in [0, 0.05) is 6.20 Å². The lowest BCUT2D eigenvalue weighted by Crippen LogP contribution is -2.36. The predicted molar refractivity (Wildman–Crippen MR) is 46.6 cm³/mol. The van der Waals surface area contributed by atoms with Crippen LogP contribution < -0.4 is 5.32 Å². The van der Waals surface area contributed by atoms with E-state index in [1.807, 2.05) is 0 Å². The molecule has 0 aliphatic carbocycles. The van der Waals surface area contributed by atoms with Crippen molar-refractivity contribution in [2.75, 3.05) is 6.54 Å². The summed E-state index contributed by atoms with van der Waals surface area (Å²) in [6.07, 6.45) is 2.60. The average molecular weight is 178 g/mol. The number of nitrogens with one attached hydrogen (secondary N) is 1. The fourth-order valence-corrected chi connectivity index (χ4v) is 1.40. The summed E-state index contributed by atoms with van der Waals surface area (Å²) in [6.45, 7) is 0.945. The molecule has 0 radical (unpaired) electrons. The van der Waals surface area contributed by atoms with Crippen molar-refractivity contribution < 1.29 is 9.90 Å². The van der Waals surface area contributed by atoms with E-state index < -0.39 is 5.97 Å². The van der Waals surface area contributed by atoms with Crippen LogP contribution in [-0.2, 0) is 0 Å². The molecule has 1 atom stereocenters. The van der Waals surface area contributed by atoms with Gasteiger partial charge in [-0.2, -0.15) is 0 Å². The van der Waals surface area contributed by atoms with Gasteiger partial charge in [0.05, 0.1) is 17.3 Å². The first kappa shape index (κ1) is 8.19. The zero-order chi connectivity index (χ0) is 9.26. The highest BCUT2D eigenvalue weighted by Crippen LogP contribution is 2.23. The number of hydrogen-bond acceptors (Lipinski definition) is 3. The van der Waals surface area contributed by atoms with Crippen molar-refractivity contribution >= 4 is 5.97 Å². The lowest BCUT2D eigenvalue weighted by molar-refractivity contribution is 0.0693. The van der Waals surface area contributed by atoms with Crippen LogP contribution in [0.3, 0.4) is 0 Å². The molecule has 0 amide bonds. The van der Waals surface area contributed by atoms with Crippen LogP contribution in [0.4, 0.5) is 0 Å². The zero-order valence-corrected chi connectivity index (χ0v) is 7.03. The summed E-state index contributed by atoms with van der Waals surface area (Å²) in [5.74, 6) is -0.906. The number of pyridine rings is 1. The van der Waals surface area contributed by atoms with Crippen molar-refractivity contribution in [1.29, 1.82) is 0 Å². The molecule has 4 nitrogen and oxygen atoms in total. The van der Waals surface area contributed by atoms with Crippen LogP contribution in [0.25, 0.3) is 0 Å². The molecule has 4 heteroatoms. The predicted octanol–water partition coefficient (Wildman–Crippen LogP) is 0.814. The van der Waals surface area contributed by atoms with Crippen molar-refractivity contribution in [3.05, 3.63) is 29.6 Å². The molecular formula is C9H10N2O2. The summed E-state index contributed by atoms with van der Waals surface area (Å²) in [4.78, 5) is 14.9. The highest BCUT2D eigenvalue weighted by molar-refractivity contribution is 5.89. The van der Waals surface area contributed by atoms with Gasteiger partial charge in [-0.3, -0.25) is 4.98 Å². The van der Waals surface area contributed by atoms with Crippen LogP contribution in [0.5, 0.6) is 0 Å². The largest absolute Gasteiger partial charge is 0.478 e. The van der Waals surface area contributed by atoms with E-state index in [0.29, 0.717) is 11.3 Å². The second kappa shape index (κ2) is 3.14. The van der Waals surface area contributed by atoms with Crippen LogP contribution in [0.15, 0.2) is 18.3 Å². The second-order valence-electron chi connectivity index (χ2n) is 3.04. The topological polar surface area (TPSA) is 62.2 Å². The summed E-state index contributed by atoms with van der Waals surface area (Å²) in [5.41, 5.74) is 0.959. The molecule has 1 aliphatic rings. The third-order valence-electron chi connectivity index (χ3n) is 2.22. The molecule has 2 rings (SSSR count). The Morgan fingerprint density at radius 1 is 1.69 bits per heavy atom. The zero-order valence-electron chi connectivity index (χ0n) is 7.03. The number of rotatable bonds is 2. The molecule has 0 spiro atoms. The molecule has 1 aromatic heterocycles. The van der Waals surface area contributed by atoms with E-state index in [1.165, 1.54) is 0 Å². The lowest BCUT2D eigenvalue weighted by Gasteiger charge is -2.27. The number of carboxylic acid groups (broad SMARTS) is 1. The Balaban J connectivity index is 2.36. The van der Waals surface area contributed by atoms with Crippen LogP contribution >= 0.6 is 0 Å². The Kier molecular flexibility index (Phi) is 1.98. The van der Waals surface area contributed by atoms with Crippen molar-refractivity contribution in [2.45, 2.75) is 12.5 Å². The quantitative estimate of drug-likeness (QED) is 0.703. The molecule has 0 aromatic carbocycles. The smallest absolute Gasteiger partial charge is 0.337 e. The molecule has 13 heavy (non-hydrogen) atoms. The summed E-state index contributed by atoms with van der Waals surface area (Å²) in [5, 5.41) is 12.0. The van der Waals surface area contributed by atoms with E-state index >= 15 is 0 Å². The van der Waals surface area contributed by atoms with Gasteiger partial charge in [-0.15, -0.1) is 0 Å². The molecule has 2 heterocycles. The Hall–Kier alpha value is -1.42. The Morgan fingerprint density at radius 3 is 3.00 bits per heavy atom. The molecule has 68 valence electrons. The average Bonchev–Trinajstić information content (AvgIpc) is 2.02. The Labute approximate surface area is 75.6 Å². The number of hydrogen-bond donors (Lipinski definition) is 2. The van der Waals surface area contributed by atoms with Crippen molar-refractivity contribution in [1.82, 2.24) is 10.3 Å². The van der Waals surface area contributed by atoms with E-state index in [4.69, 9.17) is 5.11 Å². The van der Waals surface area contributed by atoms with Gasteiger partial charge in [-0.1, -0.05) is 0 Å². The van der Waals surface area contributed by atoms with Gasteiger partial charge >= 0.3 is 5.97 Å². The molecule has 1 aromatic rings. The maximum Gasteiger partial charge on any atom is 0.337 e. The molecule has 0 saturated carbocycles. The highest BCUT2D eigenvalue weighted by Gasteiger charge is 2.24. The van der Waals surface area contributed by atoms with Gasteiger partial charge in [-0.05, 0) is 25.1 Å². The summed E-state index contributed by atoms with van der Waals surface area (Å²) in [7, 11) is 0. The SMILES string of the molecule is O=C(O)c1cccnc1C1CCN1. The number of carbonyl (C=O) groups is 1. The Morgan fingerprint density at radius 2 is 2.46 bits per heavy atom. The first-order chi connectivity index (χ1) is 6.29. The minimum absolute atomic E-state index is 0.132. The molecule has 1 aliphatic heterocycles. The maximum absolute atomic E-state index is 10.8. The number of aromatic carboxylic acids is 1.